The van der Waals surface area contributed by atoms with Crippen LogP contribution in [0, 0.1) is 0 Å². The molecule has 0 atom stereocenters. The van der Waals surface area contributed by atoms with E-state index >= 15 is 0 Å². The molecule has 3 heterocycles. The summed E-state index contributed by atoms with van der Waals surface area (Å²) in [5.41, 5.74) is 1.16. The predicted molar refractivity (Wildman–Crippen MR) is 90.0 cm³/mol. The molecule has 4 rings (SSSR count). The van der Waals surface area contributed by atoms with E-state index in [1.165, 1.54) is 18.2 Å². The van der Waals surface area contributed by atoms with Crippen molar-refractivity contribution in [3.05, 3.63) is 53.9 Å². The van der Waals surface area contributed by atoms with Crippen LogP contribution in [0.4, 0.5) is 0 Å². The minimum absolute atomic E-state index is 0.00495. The molecule has 0 aliphatic rings. The quantitative estimate of drug-likeness (QED) is 0.420. The number of pyridine rings is 1. The van der Waals surface area contributed by atoms with Gasteiger partial charge in [0.15, 0.2) is 0 Å². The van der Waals surface area contributed by atoms with Gasteiger partial charge in [0.2, 0.25) is 12.0 Å². The molecule has 26 heavy (non-hydrogen) atoms. The Bertz CT molecular complexity index is 1220. The van der Waals surface area contributed by atoms with Crippen LogP contribution >= 0.6 is 0 Å². The largest absolute Gasteiger partial charge is 0.872 e. The summed E-state index contributed by atoms with van der Waals surface area (Å²) in [4.78, 5) is 31.7. The SMILES string of the molecule is Cn1c[n+](C)cc1C(=O)c1nc(C(=O)O)cc2c1[nH]c1ccc([O-])cc12. The fraction of sp³-hybridized carbons (Fsp3) is 0.111. The molecule has 2 N–H and O–H groups in total. The topological polar surface area (TPSA) is 115 Å². The summed E-state index contributed by atoms with van der Waals surface area (Å²) < 4.78 is 3.36. The van der Waals surface area contributed by atoms with Gasteiger partial charge in [-0.2, -0.15) is 0 Å². The molecule has 0 saturated heterocycles. The van der Waals surface area contributed by atoms with E-state index in [1.807, 2.05) is 0 Å². The van der Waals surface area contributed by atoms with E-state index in [-0.39, 0.29) is 17.1 Å². The van der Waals surface area contributed by atoms with Crippen LogP contribution in [0.25, 0.3) is 21.8 Å². The lowest BCUT2D eigenvalue weighted by Crippen LogP contribution is -2.23. The van der Waals surface area contributed by atoms with Crippen LogP contribution in [0.5, 0.6) is 5.75 Å². The number of hydrogen-bond donors (Lipinski definition) is 2. The second-order valence-corrected chi connectivity index (χ2v) is 6.15. The van der Waals surface area contributed by atoms with Crippen LogP contribution in [0.1, 0.15) is 26.7 Å². The number of aromatic amines is 1. The van der Waals surface area contributed by atoms with Crippen LogP contribution < -0.4 is 9.67 Å². The zero-order valence-corrected chi connectivity index (χ0v) is 14.0. The second kappa shape index (κ2) is 5.41. The molecule has 0 fully saturated rings. The summed E-state index contributed by atoms with van der Waals surface area (Å²) in [6.45, 7) is 0. The fourth-order valence-electron chi connectivity index (χ4n) is 3.14. The Morgan fingerprint density at radius 2 is 2.04 bits per heavy atom. The molecule has 0 radical (unpaired) electrons. The molecule has 0 bridgehead atoms. The number of H-pyrrole nitrogens is 1. The van der Waals surface area contributed by atoms with E-state index in [4.69, 9.17) is 0 Å². The molecule has 8 heteroatoms. The Morgan fingerprint density at radius 1 is 1.27 bits per heavy atom. The summed E-state index contributed by atoms with van der Waals surface area (Å²) >= 11 is 0. The van der Waals surface area contributed by atoms with E-state index in [0.29, 0.717) is 27.5 Å². The number of carboxylic acid groups (broad SMARTS) is 1. The third-order valence-corrected chi connectivity index (χ3v) is 4.29. The molecule has 0 unspecified atom stereocenters. The van der Waals surface area contributed by atoms with Crippen molar-refractivity contribution < 1.29 is 24.4 Å². The van der Waals surface area contributed by atoms with Gasteiger partial charge >= 0.3 is 5.97 Å². The molecule has 3 aromatic heterocycles. The van der Waals surface area contributed by atoms with Gasteiger partial charge in [0.1, 0.15) is 17.6 Å². The van der Waals surface area contributed by atoms with Crippen molar-refractivity contribution in [2.75, 3.05) is 0 Å². The molecule has 0 aliphatic carbocycles. The number of carboxylic acids is 1. The van der Waals surface area contributed by atoms with Crippen LogP contribution in [0.3, 0.4) is 0 Å². The highest BCUT2D eigenvalue weighted by atomic mass is 16.4. The first-order valence-corrected chi connectivity index (χ1v) is 7.78. The molecule has 0 saturated carbocycles. The maximum Gasteiger partial charge on any atom is 0.354 e. The van der Waals surface area contributed by atoms with Crippen molar-refractivity contribution in [1.82, 2.24) is 14.5 Å². The van der Waals surface area contributed by atoms with E-state index in [9.17, 15) is 19.8 Å². The van der Waals surface area contributed by atoms with Crippen molar-refractivity contribution in [2.24, 2.45) is 14.1 Å². The van der Waals surface area contributed by atoms with E-state index in [0.717, 1.165) is 0 Å². The lowest BCUT2D eigenvalue weighted by molar-refractivity contribution is -0.671. The van der Waals surface area contributed by atoms with Crippen LogP contribution in [0.15, 0.2) is 36.8 Å². The smallest absolute Gasteiger partial charge is 0.354 e. The minimum Gasteiger partial charge on any atom is -0.872 e. The molecule has 0 spiro atoms. The zero-order valence-electron chi connectivity index (χ0n) is 14.0. The minimum atomic E-state index is -1.24. The highest BCUT2D eigenvalue weighted by Crippen LogP contribution is 2.30. The van der Waals surface area contributed by atoms with Gasteiger partial charge in [-0.15, -0.1) is 5.75 Å². The number of aromatic nitrogens is 4. The second-order valence-electron chi connectivity index (χ2n) is 6.15. The highest BCUT2D eigenvalue weighted by molar-refractivity contribution is 6.19. The molecule has 0 aliphatic heterocycles. The standard InChI is InChI=1S/C18H14N4O4/c1-21-7-14(22(2)8-21)17(24)16-15-11(6-13(20-16)18(25)26)10-5-9(23)3-4-12(10)19-15/h3-8H,1-2H3,(H2-,19,20,23,24,25,26). The number of aromatic carboxylic acids is 1. The Balaban J connectivity index is 2.07. The van der Waals surface area contributed by atoms with Crippen molar-refractivity contribution in [3.63, 3.8) is 0 Å². The maximum atomic E-state index is 13.0. The third kappa shape index (κ3) is 2.31. The average molecular weight is 350 g/mol. The van der Waals surface area contributed by atoms with Gasteiger partial charge in [0.25, 0.3) is 5.78 Å². The number of nitrogens with one attached hydrogen (secondary N) is 1. The number of carbonyl (C=O) groups excluding carboxylic acids is 1. The Kier molecular flexibility index (Phi) is 3.30. The number of benzene rings is 1. The summed E-state index contributed by atoms with van der Waals surface area (Å²) in [5.74, 6) is -1.85. The lowest BCUT2D eigenvalue weighted by Gasteiger charge is -2.04. The van der Waals surface area contributed by atoms with Crippen LogP contribution in [-0.2, 0) is 14.1 Å². The number of imidazole rings is 1. The highest BCUT2D eigenvalue weighted by Gasteiger charge is 2.25. The van der Waals surface area contributed by atoms with Gasteiger partial charge in [-0.05, 0) is 12.1 Å². The molecule has 4 aromatic rings. The van der Waals surface area contributed by atoms with Crippen molar-refractivity contribution >= 4 is 33.6 Å². The van der Waals surface area contributed by atoms with Gasteiger partial charge in [0, 0.05) is 16.3 Å². The average Bonchev–Trinajstić information content (AvgIpc) is 3.12. The number of aryl methyl sites for hydroxylation is 2. The number of nitrogens with zero attached hydrogens (tertiary/aromatic N) is 3. The first kappa shape index (κ1) is 15.8. The Hall–Kier alpha value is -3.68. The maximum absolute atomic E-state index is 13.0. The molecule has 1 aromatic carbocycles. The first-order chi connectivity index (χ1) is 12.3. The Morgan fingerprint density at radius 3 is 2.69 bits per heavy atom. The summed E-state index contributed by atoms with van der Waals surface area (Å²) in [6, 6.07) is 5.80. The molecular weight excluding hydrogens is 336 g/mol. The predicted octanol–water partition coefficient (Wildman–Crippen LogP) is 0.882. The molecular formula is C18H14N4O4. The van der Waals surface area contributed by atoms with Crippen molar-refractivity contribution in [3.8, 4) is 5.75 Å². The number of carbonyl (C=O) groups is 2. The summed E-state index contributed by atoms with van der Waals surface area (Å²) in [6.07, 6.45) is 3.36. The van der Waals surface area contributed by atoms with Crippen LogP contribution in [-0.4, -0.2) is 31.4 Å². The fourth-order valence-corrected chi connectivity index (χ4v) is 3.14. The number of hydrogen-bond acceptors (Lipinski definition) is 4. The number of ketones is 1. The monoisotopic (exact) mass is 350 g/mol. The van der Waals surface area contributed by atoms with E-state index in [2.05, 4.69) is 9.97 Å². The number of rotatable bonds is 3. The lowest BCUT2D eigenvalue weighted by atomic mass is 10.1. The van der Waals surface area contributed by atoms with Gasteiger partial charge < -0.3 is 15.2 Å². The van der Waals surface area contributed by atoms with E-state index < -0.39 is 11.8 Å². The van der Waals surface area contributed by atoms with Crippen LogP contribution in [0.2, 0.25) is 0 Å². The van der Waals surface area contributed by atoms with Gasteiger partial charge in [0.05, 0.1) is 19.6 Å². The first-order valence-electron chi connectivity index (χ1n) is 7.78. The molecule has 8 nitrogen and oxygen atoms in total. The molecule has 130 valence electrons. The van der Waals surface area contributed by atoms with Crippen molar-refractivity contribution in [1.29, 1.82) is 0 Å². The zero-order chi connectivity index (χ0) is 18.6. The summed E-state index contributed by atoms with van der Waals surface area (Å²) in [5, 5.41) is 22.1. The van der Waals surface area contributed by atoms with Gasteiger partial charge in [-0.3, -0.25) is 4.79 Å². The van der Waals surface area contributed by atoms with E-state index in [1.54, 1.807) is 41.8 Å². The molecule has 0 amide bonds. The van der Waals surface area contributed by atoms with Crippen molar-refractivity contribution in [2.45, 2.75) is 0 Å². The normalized spacial score (nSPS) is 11.3. The Labute approximate surface area is 147 Å². The van der Waals surface area contributed by atoms with Gasteiger partial charge in [-0.25, -0.2) is 18.9 Å². The van der Waals surface area contributed by atoms with Gasteiger partial charge in [-0.1, -0.05) is 12.1 Å². The summed E-state index contributed by atoms with van der Waals surface area (Å²) in [7, 11) is 3.51. The number of fused-ring (bicyclic) bond motifs is 3. The third-order valence-electron chi connectivity index (χ3n) is 4.29.